The minimum absolute atomic E-state index is 0.257. The molecule has 0 aromatic heterocycles. The van der Waals surface area contributed by atoms with Crippen molar-refractivity contribution < 1.29 is 4.79 Å². The summed E-state index contributed by atoms with van der Waals surface area (Å²) in [5.74, 6) is 1.14. The van der Waals surface area contributed by atoms with Crippen molar-refractivity contribution in [2.45, 2.75) is 44.6 Å². The Balaban J connectivity index is 1.65. The Hall–Kier alpha value is -1.31. The molecule has 0 spiro atoms. The Morgan fingerprint density at radius 3 is 2.72 bits per heavy atom. The zero-order valence-corrected chi connectivity index (χ0v) is 11.0. The van der Waals surface area contributed by atoms with Crippen molar-refractivity contribution in [1.82, 2.24) is 4.90 Å². The van der Waals surface area contributed by atoms with Crippen LogP contribution < -0.4 is 0 Å². The lowest BCUT2D eigenvalue weighted by atomic mass is 10.0. The number of carbonyl (C=O) groups is 1. The molecule has 1 saturated carbocycles. The van der Waals surface area contributed by atoms with Gasteiger partial charge >= 0.3 is 0 Å². The Morgan fingerprint density at radius 2 is 2.00 bits per heavy atom. The second-order valence-electron chi connectivity index (χ2n) is 5.74. The third kappa shape index (κ3) is 2.16. The monoisotopic (exact) mass is 243 g/mol. The van der Waals surface area contributed by atoms with E-state index in [0.29, 0.717) is 17.9 Å². The highest BCUT2D eigenvalue weighted by Gasteiger charge is 2.46. The number of amides is 1. The fraction of sp³-hybridized carbons (Fsp3) is 0.562. The van der Waals surface area contributed by atoms with Crippen molar-refractivity contribution in [3.63, 3.8) is 0 Å². The van der Waals surface area contributed by atoms with Crippen LogP contribution in [0.5, 0.6) is 0 Å². The van der Waals surface area contributed by atoms with Gasteiger partial charge in [-0.1, -0.05) is 30.3 Å². The van der Waals surface area contributed by atoms with Gasteiger partial charge in [0.1, 0.15) is 0 Å². The van der Waals surface area contributed by atoms with Crippen molar-refractivity contribution >= 4 is 5.91 Å². The van der Waals surface area contributed by atoms with Crippen molar-refractivity contribution in [3.8, 4) is 0 Å². The molecule has 3 atom stereocenters. The molecule has 18 heavy (non-hydrogen) atoms. The Morgan fingerprint density at radius 1 is 1.22 bits per heavy atom. The van der Waals surface area contributed by atoms with Gasteiger partial charge in [0.2, 0.25) is 5.91 Å². The first-order chi connectivity index (χ1) is 8.77. The predicted molar refractivity (Wildman–Crippen MR) is 72.3 cm³/mol. The number of piperidine rings is 1. The molecule has 1 aliphatic heterocycles. The van der Waals surface area contributed by atoms with Crippen LogP contribution in [0.1, 0.15) is 44.1 Å². The summed E-state index contributed by atoms with van der Waals surface area (Å²) in [6.07, 6.45) is 4.68. The summed E-state index contributed by atoms with van der Waals surface area (Å²) in [6, 6.07) is 10.9. The van der Waals surface area contributed by atoms with Crippen LogP contribution in [0.2, 0.25) is 0 Å². The van der Waals surface area contributed by atoms with Gasteiger partial charge in [-0.25, -0.2) is 0 Å². The second-order valence-corrected chi connectivity index (χ2v) is 5.74. The molecule has 0 bridgehead atoms. The highest BCUT2D eigenvalue weighted by molar-refractivity contribution is 5.83. The van der Waals surface area contributed by atoms with Crippen LogP contribution in [0, 0.1) is 5.92 Å². The average molecular weight is 243 g/mol. The summed E-state index contributed by atoms with van der Waals surface area (Å²) < 4.78 is 0. The molecular formula is C16H21NO. The minimum atomic E-state index is 0.257. The summed E-state index contributed by atoms with van der Waals surface area (Å²) >= 11 is 0. The number of hydrogen-bond acceptors (Lipinski definition) is 1. The molecular weight excluding hydrogens is 222 g/mol. The van der Waals surface area contributed by atoms with E-state index in [-0.39, 0.29) is 5.92 Å². The van der Waals surface area contributed by atoms with Crippen LogP contribution in [-0.2, 0) is 4.79 Å². The molecule has 0 unspecified atom stereocenters. The Labute approximate surface area is 109 Å². The van der Waals surface area contributed by atoms with Gasteiger partial charge in [0, 0.05) is 18.5 Å². The molecule has 3 rings (SSSR count). The molecule has 1 amide bonds. The predicted octanol–water partition coefficient (Wildman–Crippen LogP) is 3.19. The van der Waals surface area contributed by atoms with E-state index in [9.17, 15) is 4.79 Å². The molecule has 0 N–H and O–H groups in total. The normalized spacial score (nSPS) is 31.2. The third-order valence-electron chi connectivity index (χ3n) is 4.42. The van der Waals surface area contributed by atoms with Crippen molar-refractivity contribution in [2.75, 3.05) is 6.54 Å². The molecule has 1 heterocycles. The van der Waals surface area contributed by atoms with E-state index in [2.05, 4.69) is 36.1 Å². The van der Waals surface area contributed by atoms with E-state index in [1.807, 2.05) is 6.07 Å². The van der Waals surface area contributed by atoms with E-state index in [4.69, 9.17) is 0 Å². The first kappa shape index (κ1) is 11.8. The number of benzene rings is 1. The summed E-state index contributed by atoms with van der Waals surface area (Å²) in [4.78, 5) is 14.6. The first-order valence-corrected chi connectivity index (χ1v) is 7.13. The largest absolute Gasteiger partial charge is 0.340 e. The van der Waals surface area contributed by atoms with Crippen LogP contribution in [0.4, 0.5) is 0 Å². The van der Waals surface area contributed by atoms with Crippen LogP contribution in [0.25, 0.3) is 0 Å². The van der Waals surface area contributed by atoms with Gasteiger partial charge < -0.3 is 4.90 Å². The zero-order chi connectivity index (χ0) is 12.5. The highest BCUT2D eigenvalue weighted by atomic mass is 16.2. The van der Waals surface area contributed by atoms with E-state index in [1.165, 1.54) is 24.8 Å². The van der Waals surface area contributed by atoms with Crippen molar-refractivity contribution in [1.29, 1.82) is 0 Å². The quantitative estimate of drug-likeness (QED) is 0.781. The maximum absolute atomic E-state index is 12.5. The smallest absolute Gasteiger partial charge is 0.226 e. The van der Waals surface area contributed by atoms with Crippen LogP contribution in [0.15, 0.2) is 30.3 Å². The molecule has 2 heteroatoms. The van der Waals surface area contributed by atoms with E-state index in [1.54, 1.807) is 0 Å². The van der Waals surface area contributed by atoms with Gasteiger partial charge in [0.05, 0.1) is 0 Å². The van der Waals surface area contributed by atoms with E-state index >= 15 is 0 Å². The number of hydrogen-bond donors (Lipinski definition) is 0. The van der Waals surface area contributed by atoms with Gasteiger partial charge in [-0.3, -0.25) is 4.79 Å². The van der Waals surface area contributed by atoms with Gasteiger partial charge in [0.25, 0.3) is 0 Å². The maximum Gasteiger partial charge on any atom is 0.226 e. The first-order valence-electron chi connectivity index (χ1n) is 7.13. The topological polar surface area (TPSA) is 20.3 Å². The highest BCUT2D eigenvalue weighted by Crippen LogP contribution is 2.48. The molecule has 2 nitrogen and oxygen atoms in total. The molecule has 1 aromatic rings. The zero-order valence-electron chi connectivity index (χ0n) is 11.0. The summed E-state index contributed by atoms with van der Waals surface area (Å²) in [5.41, 5.74) is 1.33. The lowest BCUT2D eigenvalue weighted by Crippen LogP contribution is -2.43. The molecule has 1 aromatic carbocycles. The van der Waals surface area contributed by atoms with Gasteiger partial charge in [-0.15, -0.1) is 0 Å². The Kier molecular flexibility index (Phi) is 3.11. The van der Waals surface area contributed by atoms with Crippen LogP contribution >= 0.6 is 0 Å². The SMILES string of the molecule is C[C@@H]1CCCCN1C(=O)[C@@H]1C[C@@H]1c1ccccc1. The average Bonchev–Trinajstić information content (AvgIpc) is 3.20. The van der Waals surface area contributed by atoms with Gasteiger partial charge in [0.15, 0.2) is 0 Å². The molecule has 1 aliphatic carbocycles. The lowest BCUT2D eigenvalue weighted by Gasteiger charge is -2.33. The number of rotatable bonds is 2. The van der Waals surface area contributed by atoms with Gasteiger partial charge in [-0.2, -0.15) is 0 Å². The van der Waals surface area contributed by atoms with Crippen molar-refractivity contribution in [2.24, 2.45) is 5.92 Å². The molecule has 2 aliphatic rings. The third-order valence-corrected chi connectivity index (χ3v) is 4.42. The fourth-order valence-corrected chi connectivity index (χ4v) is 3.18. The maximum atomic E-state index is 12.5. The van der Waals surface area contributed by atoms with Gasteiger partial charge in [-0.05, 0) is 44.1 Å². The fourth-order valence-electron chi connectivity index (χ4n) is 3.18. The Bertz CT molecular complexity index is 428. The van der Waals surface area contributed by atoms with Crippen molar-refractivity contribution in [3.05, 3.63) is 35.9 Å². The van der Waals surface area contributed by atoms with Crippen LogP contribution in [0.3, 0.4) is 0 Å². The summed E-state index contributed by atoms with van der Waals surface area (Å²) in [5, 5.41) is 0. The molecule has 0 radical (unpaired) electrons. The number of likely N-dealkylation sites (tertiary alicyclic amines) is 1. The van der Waals surface area contributed by atoms with Crippen LogP contribution in [-0.4, -0.2) is 23.4 Å². The second kappa shape index (κ2) is 4.75. The van der Waals surface area contributed by atoms with E-state index < -0.39 is 0 Å². The molecule has 96 valence electrons. The summed E-state index contributed by atoms with van der Waals surface area (Å²) in [7, 11) is 0. The minimum Gasteiger partial charge on any atom is -0.340 e. The molecule has 2 fully saturated rings. The standard InChI is InChI=1S/C16H21NO/c1-12-7-5-6-10-17(12)16(18)15-11-14(15)13-8-3-2-4-9-13/h2-4,8-9,12,14-15H,5-7,10-11H2,1H3/t12-,14-,15-/m1/s1. The van der Waals surface area contributed by atoms with E-state index in [0.717, 1.165) is 13.0 Å². The molecule has 1 saturated heterocycles. The lowest BCUT2D eigenvalue weighted by molar-refractivity contribution is -0.135. The summed E-state index contributed by atoms with van der Waals surface area (Å²) in [6.45, 7) is 3.16. The number of carbonyl (C=O) groups excluding carboxylic acids is 1. The number of nitrogens with zero attached hydrogens (tertiary/aromatic N) is 1.